The summed E-state index contributed by atoms with van der Waals surface area (Å²) in [5.74, 6) is 0. The van der Waals surface area contributed by atoms with Gasteiger partial charge in [-0.1, -0.05) is 37.8 Å². The largest absolute Gasteiger partial charge is 0.506 e. The zero-order chi connectivity index (χ0) is 12.1. The zero-order valence-corrected chi connectivity index (χ0v) is 13.7. The predicted octanol–water partition coefficient (Wildman–Crippen LogP) is 3.49. The van der Waals surface area contributed by atoms with Gasteiger partial charge in [-0.2, -0.15) is 3.69 Å². The van der Waals surface area contributed by atoms with Crippen LogP contribution in [0.5, 0.6) is 0 Å². The van der Waals surface area contributed by atoms with Crippen LogP contribution in [0.3, 0.4) is 0 Å². The Labute approximate surface area is 121 Å². The van der Waals surface area contributed by atoms with Crippen molar-refractivity contribution in [2.24, 2.45) is 0 Å². The van der Waals surface area contributed by atoms with Crippen molar-refractivity contribution in [3.05, 3.63) is 24.3 Å². The van der Waals surface area contributed by atoms with Gasteiger partial charge in [-0.3, -0.25) is 12.9 Å². The summed E-state index contributed by atoms with van der Waals surface area (Å²) in [7, 11) is 2.26. The molecule has 0 radical (unpaired) electrons. The molecule has 1 aromatic carbocycles. The summed E-state index contributed by atoms with van der Waals surface area (Å²) in [6.07, 6.45) is 8.40. The molecule has 0 heterocycles. The van der Waals surface area contributed by atoms with Gasteiger partial charge in [-0.15, -0.1) is 0 Å². The molecule has 1 aromatic rings. The molecule has 0 N–H and O–H groups in total. The van der Waals surface area contributed by atoms with Crippen molar-refractivity contribution < 1.29 is 0 Å². The van der Waals surface area contributed by atoms with E-state index in [1.165, 1.54) is 47.9 Å². The van der Waals surface area contributed by atoms with Gasteiger partial charge in [0.15, 0.2) is 0 Å². The highest BCUT2D eigenvalue weighted by Gasteiger charge is 2.17. The van der Waals surface area contributed by atoms with Crippen LogP contribution in [0, 0.1) is 0 Å². The van der Waals surface area contributed by atoms with Crippen LogP contribution >= 0.6 is 12.9 Å². The SMILES string of the molecule is CN(c1cc[c]([Mg][Br])cc1)C1CCCCCC1. The normalized spacial score (nSPS) is 17.3. The molecule has 1 aliphatic rings. The highest BCUT2D eigenvalue weighted by molar-refractivity contribution is 9.23. The van der Waals surface area contributed by atoms with Gasteiger partial charge in [-0.25, -0.2) is 0 Å². The van der Waals surface area contributed by atoms with Crippen molar-refractivity contribution in [1.82, 2.24) is 0 Å². The molecule has 17 heavy (non-hydrogen) atoms. The third kappa shape index (κ3) is 3.87. The van der Waals surface area contributed by atoms with Crippen molar-refractivity contribution in [3.8, 4) is 0 Å². The topological polar surface area (TPSA) is 3.24 Å². The van der Waals surface area contributed by atoms with Gasteiger partial charge in [0.05, 0.1) is 0 Å². The number of anilines is 1. The Morgan fingerprint density at radius 1 is 1.06 bits per heavy atom. The zero-order valence-electron chi connectivity index (χ0n) is 10.7. The first-order chi connectivity index (χ1) is 8.31. The maximum Gasteiger partial charge on any atom is 0.506 e. The summed E-state index contributed by atoms with van der Waals surface area (Å²) in [5.41, 5.74) is 1.38. The Morgan fingerprint density at radius 2 is 1.65 bits per heavy atom. The average Bonchev–Trinajstić information content (AvgIpc) is 2.67. The van der Waals surface area contributed by atoms with E-state index in [0.29, 0.717) is 0 Å². The number of hydrogen-bond acceptors (Lipinski definition) is 1. The van der Waals surface area contributed by atoms with Gasteiger partial charge < -0.3 is 4.90 Å². The minimum Gasteiger partial charge on any atom is -0.372 e. The van der Waals surface area contributed by atoms with Crippen LogP contribution in [-0.2, 0) is 0 Å². The highest BCUT2D eigenvalue weighted by Crippen LogP contribution is 2.24. The molecular formula is C14H20BrMgN. The molecule has 0 aromatic heterocycles. The second-order valence-corrected chi connectivity index (χ2v) is 7.82. The summed E-state index contributed by atoms with van der Waals surface area (Å²) in [6.45, 7) is 0. The smallest absolute Gasteiger partial charge is 0.372 e. The molecule has 1 nitrogen and oxygen atoms in total. The first-order valence-corrected chi connectivity index (χ1v) is 11.3. The molecule has 1 aliphatic carbocycles. The second-order valence-electron chi connectivity index (χ2n) is 5.06. The maximum absolute atomic E-state index is 3.63. The Bertz CT molecular complexity index is 331. The number of benzene rings is 1. The van der Waals surface area contributed by atoms with Crippen molar-refractivity contribution in [3.63, 3.8) is 0 Å². The maximum atomic E-state index is 3.63. The fourth-order valence-electron chi connectivity index (χ4n) is 2.68. The Morgan fingerprint density at radius 3 is 2.18 bits per heavy atom. The quantitative estimate of drug-likeness (QED) is 0.610. The fourth-order valence-corrected chi connectivity index (χ4v) is 4.21. The van der Waals surface area contributed by atoms with E-state index >= 15 is 0 Å². The molecule has 0 unspecified atom stereocenters. The van der Waals surface area contributed by atoms with Gasteiger partial charge in [0, 0.05) is 18.8 Å². The Kier molecular flexibility index (Phi) is 5.64. The third-order valence-electron chi connectivity index (χ3n) is 3.87. The van der Waals surface area contributed by atoms with Crippen molar-refractivity contribution in [1.29, 1.82) is 0 Å². The molecule has 2 rings (SSSR count). The lowest BCUT2D eigenvalue weighted by molar-refractivity contribution is 0.553. The highest BCUT2D eigenvalue weighted by atomic mass is 79.9. The van der Waals surface area contributed by atoms with E-state index in [0.717, 1.165) is 6.04 Å². The van der Waals surface area contributed by atoms with Crippen molar-refractivity contribution in [2.45, 2.75) is 44.6 Å². The lowest BCUT2D eigenvalue weighted by Crippen LogP contribution is -2.31. The molecule has 0 saturated heterocycles. The molecular weight excluding hydrogens is 286 g/mol. The van der Waals surface area contributed by atoms with Crippen LogP contribution in [-0.4, -0.2) is 31.3 Å². The van der Waals surface area contributed by atoms with E-state index in [1.54, 1.807) is 0 Å². The van der Waals surface area contributed by atoms with E-state index in [4.69, 9.17) is 0 Å². The van der Waals surface area contributed by atoms with E-state index in [2.05, 4.69) is 49.1 Å². The number of halogens is 1. The van der Waals surface area contributed by atoms with E-state index < -0.39 is 0 Å². The second kappa shape index (κ2) is 7.00. The van der Waals surface area contributed by atoms with E-state index in [9.17, 15) is 0 Å². The van der Waals surface area contributed by atoms with E-state index in [-0.39, 0.29) is 18.2 Å². The van der Waals surface area contributed by atoms with Gasteiger partial charge in [0.1, 0.15) is 0 Å². The number of nitrogens with zero attached hydrogens (tertiary/aromatic N) is 1. The van der Waals surface area contributed by atoms with Crippen LogP contribution in [0.25, 0.3) is 0 Å². The van der Waals surface area contributed by atoms with Gasteiger partial charge in [0.2, 0.25) is 0 Å². The molecule has 1 fully saturated rings. The summed E-state index contributed by atoms with van der Waals surface area (Å²) in [5, 5.41) is 0. The molecule has 0 amide bonds. The molecule has 0 spiro atoms. The molecule has 0 aliphatic heterocycles. The van der Waals surface area contributed by atoms with Crippen molar-refractivity contribution in [2.75, 3.05) is 11.9 Å². The Balaban J connectivity index is 2.03. The minimum atomic E-state index is -0.184. The molecule has 1 saturated carbocycles. The molecule has 3 heteroatoms. The lowest BCUT2D eigenvalue weighted by Gasteiger charge is -2.29. The summed E-state index contributed by atoms with van der Waals surface area (Å²) in [6, 6.07) is 9.89. The number of rotatable bonds is 3. The first kappa shape index (κ1) is 13.7. The van der Waals surface area contributed by atoms with Crippen LogP contribution in [0.4, 0.5) is 5.69 Å². The predicted molar refractivity (Wildman–Crippen MR) is 80.7 cm³/mol. The first-order valence-electron chi connectivity index (χ1n) is 6.69. The molecule has 90 valence electrons. The van der Waals surface area contributed by atoms with E-state index in [1.807, 2.05) is 0 Å². The standard InChI is InChI=1S/C14H20N.BrH.Mg/c1-15(14-11-7-4-8-12-14)13-9-5-2-3-6-10-13;;/h7-8,11-13H,2-3,5-6,9-10H2,1H3;1H;/q;;+1/p-1. The monoisotopic (exact) mass is 305 g/mol. The minimum absolute atomic E-state index is 0.184. The molecule has 0 atom stereocenters. The van der Waals surface area contributed by atoms with Crippen LogP contribution in [0.2, 0.25) is 0 Å². The lowest BCUT2D eigenvalue weighted by atomic mass is 10.1. The summed E-state index contributed by atoms with van der Waals surface area (Å²) in [4.78, 5) is 2.49. The van der Waals surface area contributed by atoms with Crippen LogP contribution < -0.4 is 8.59 Å². The summed E-state index contributed by atoms with van der Waals surface area (Å²) >= 11 is 3.45. The van der Waals surface area contributed by atoms with Gasteiger partial charge >= 0.3 is 18.2 Å². The Hall–Kier alpha value is 0.266. The van der Waals surface area contributed by atoms with Gasteiger partial charge in [0.25, 0.3) is 0 Å². The fraction of sp³-hybridized carbons (Fsp3) is 0.571. The van der Waals surface area contributed by atoms with Crippen molar-refractivity contribution >= 4 is 40.5 Å². The number of hydrogen-bond donors (Lipinski definition) is 0. The average molecular weight is 307 g/mol. The molecule has 0 bridgehead atoms. The van der Waals surface area contributed by atoms with Crippen LogP contribution in [0.15, 0.2) is 24.3 Å². The summed E-state index contributed by atoms with van der Waals surface area (Å²) < 4.78 is 1.49. The third-order valence-corrected chi connectivity index (χ3v) is 6.59. The van der Waals surface area contributed by atoms with Gasteiger partial charge in [-0.05, 0) is 25.0 Å². The van der Waals surface area contributed by atoms with Crippen LogP contribution in [0.1, 0.15) is 38.5 Å².